The number of carbonyl (C=O) groups is 2. The third kappa shape index (κ3) is 1.77. The summed E-state index contributed by atoms with van der Waals surface area (Å²) in [5.74, 6) is -0.620. The van der Waals surface area contributed by atoms with Crippen LogP contribution in [0, 0.1) is 11.3 Å². The average molecular weight is 189 g/mol. The number of rotatable bonds is 2. The van der Waals surface area contributed by atoms with E-state index >= 15 is 0 Å². The van der Waals surface area contributed by atoms with E-state index in [1.165, 1.54) is 25.3 Å². The van der Waals surface area contributed by atoms with E-state index in [0.717, 1.165) is 0 Å². The molecule has 4 heteroatoms. The van der Waals surface area contributed by atoms with E-state index in [1.807, 2.05) is 6.07 Å². The van der Waals surface area contributed by atoms with E-state index in [-0.39, 0.29) is 11.1 Å². The molecule has 0 aliphatic carbocycles. The van der Waals surface area contributed by atoms with Gasteiger partial charge in [0.15, 0.2) is 0 Å². The minimum absolute atomic E-state index is 0.111. The number of nitrogens with zero attached hydrogens (tertiary/aromatic N) is 1. The lowest BCUT2D eigenvalue weighted by Gasteiger charge is -2.01. The fourth-order valence-electron chi connectivity index (χ4n) is 1.01. The second kappa shape index (κ2) is 4.19. The number of hydrogen-bond donors (Lipinski definition) is 0. The zero-order chi connectivity index (χ0) is 10.6. The van der Waals surface area contributed by atoms with Crippen LogP contribution in [-0.4, -0.2) is 19.4 Å². The van der Waals surface area contributed by atoms with Crippen molar-refractivity contribution in [1.82, 2.24) is 0 Å². The van der Waals surface area contributed by atoms with Gasteiger partial charge in [0, 0.05) is 5.56 Å². The van der Waals surface area contributed by atoms with Gasteiger partial charge in [0.25, 0.3) is 0 Å². The van der Waals surface area contributed by atoms with Crippen molar-refractivity contribution < 1.29 is 14.3 Å². The van der Waals surface area contributed by atoms with Gasteiger partial charge in [-0.15, -0.1) is 0 Å². The zero-order valence-corrected chi connectivity index (χ0v) is 7.48. The molecule has 14 heavy (non-hydrogen) atoms. The highest BCUT2D eigenvalue weighted by atomic mass is 16.5. The summed E-state index contributed by atoms with van der Waals surface area (Å²) in [6.45, 7) is 0. The van der Waals surface area contributed by atoms with Gasteiger partial charge in [0.05, 0.1) is 18.2 Å². The molecule has 0 saturated carbocycles. The molecule has 0 bridgehead atoms. The number of nitriles is 1. The standard InChI is InChI=1S/C10H7NO3/c1-14-10(13)9-4-7(6-12)2-3-8(9)5-11/h2-4,6H,1H3. The van der Waals surface area contributed by atoms with E-state index in [1.54, 1.807) is 0 Å². The summed E-state index contributed by atoms with van der Waals surface area (Å²) in [5, 5.41) is 8.68. The Kier molecular flexibility index (Phi) is 2.97. The zero-order valence-electron chi connectivity index (χ0n) is 7.48. The molecule has 0 unspecified atom stereocenters. The van der Waals surface area contributed by atoms with Gasteiger partial charge in [0.2, 0.25) is 0 Å². The van der Waals surface area contributed by atoms with Crippen molar-refractivity contribution in [2.24, 2.45) is 0 Å². The van der Waals surface area contributed by atoms with E-state index in [9.17, 15) is 9.59 Å². The third-order valence-electron chi connectivity index (χ3n) is 1.71. The molecule has 0 N–H and O–H groups in total. The average Bonchev–Trinajstić information content (AvgIpc) is 2.27. The monoisotopic (exact) mass is 189 g/mol. The van der Waals surface area contributed by atoms with Crippen molar-refractivity contribution in [3.8, 4) is 6.07 Å². The van der Waals surface area contributed by atoms with Gasteiger partial charge < -0.3 is 4.74 Å². The molecular weight excluding hydrogens is 182 g/mol. The van der Waals surface area contributed by atoms with Crippen LogP contribution in [0.1, 0.15) is 26.3 Å². The number of benzene rings is 1. The minimum atomic E-state index is -0.620. The second-order valence-electron chi connectivity index (χ2n) is 2.53. The Labute approximate surface area is 80.7 Å². The van der Waals surface area contributed by atoms with Crippen molar-refractivity contribution in [2.45, 2.75) is 0 Å². The first-order valence-corrected chi connectivity index (χ1v) is 3.80. The fourth-order valence-corrected chi connectivity index (χ4v) is 1.01. The summed E-state index contributed by atoms with van der Waals surface area (Å²) >= 11 is 0. The van der Waals surface area contributed by atoms with Gasteiger partial charge >= 0.3 is 5.97 Å². The summed E-state index contributed by atoms with van der Waals surface area (Å²) in [4.78, 5) is 21.6. The minimum Gasteiger partial charge on any atom is -0.465 e. The van der Waals surface area contributed by atoms with E-state index in [4.69, 9.17) is 5.26 Å². The first kappa shape index (κ1) is 9.93. The second-order valence-corrected chi connectivity index (χ2v) is 2.53. The Balaban J connectivity index is 3.30. The van der Waals surface area contributed by atoms with Gasteiger partial charge in [-0.25, -0.2) is 4.79 Å². The normalized spacial score (nSPS) is 8.86. The molecule has 4 nitrogen and oxygen atoms in total. The molecule has 0 aliphatic heterocycles. The van der Waals surface area contributed by atoms with E-state index in [2.05, 4.69) is 4.74 Å². The molecule has 0 aliphatic rings. The molecule has 0 aromatic heterocycles. The molecule has 0 fully saturated rings. The van der Waals surface area contributed by atoms with Crippen molar-refractivity contribution in [2.75, 3.05) is 7.11 Å². The molecule has 0 amide bonds. The van der Waals surface area contributed by atoms with Crippen LogP contribution in [0.3, 0.4) is 0 Å². The highest BCUT2D eigenvalue weighted by molar-refractivity contribution is 5.94. The number of ether oxygens (including phenoxy) is 1. The number of hydrogen-bond acceptors (Lipinski definition) is 4. The van der Waals surface area contributed by atoms with Crippen LogP contribution in [-0.2, 0) is 4.74 Å². The van der Waals surface area contributed by atoms with Crippen LogP contribution in [0.4, 0.5) is 0 Å². The first-order chi connectivity index (χ1) is 6.72. The fraction of sp³-hybridized carbons (Fsp3) is 0.100. The van der Waals surface area contributed by atoms with Crippen molar-refractivity contribution >= 4 is 12.3 Å². The predicted octanol–water partition coefficient (Wildman–Crippen LogP) is 1.16. The van der Waals surface area contributed by atoms with Gasteiger partial charge in [-0.3, -0.25) is 4.79 Å². The largest absolute Gasteiger partial charge is 0.465 e. The molecule has 1 aromatic carbocycles. The number of esters is 1. The molecule has 0 saturated heterocycles. The number of aldehydes is 1. The molecule has 1 aromatic rings. The molecule has 70 valence electrons. The first-order valence-electron chi connectivity index (χ1n) is 3.80. The smallest absolute Gasteiger partial charge is 0.339 e. The highest BCUT2D eigenvalue weighted by Crippen LogP contribution is 2.11. The summed E-state index contributed by atoms with van der Waals surface area (Å²) in [5.41, 5.74) is 0.645. The highest BCUT2D eigenvalue weighted by Gasteiger charge is 2.11. The Hall–Kier alpha value is -2.15. The van der Waals surface area contributed by atoms with Gasteiger partial charge in [-0.1, -0.05) is 6.07 Å². The lowest BCUT2D eigenvalue weighted by atomic mass is 10.1. The molecule has 0 heterocycles. The van der Waals surface area contributed by atoms with Gasteiger partial charge in [-0.05, 0) is 12.1 Å². The summed E-state index contributed by atoms with van der Waals surface area (Å²) in [6.07, 6.45) is 0.605. The van der Waals surface area contributed by atoms with E-state index in [0.29, 0.717) is 11.8 Å². The van der Waals surface area contributed by atoms with Gasteiger partial charge in [0.1, 0.15) is 12.4 Å². The maximum Gasteiger partial charge on any atom is 0.339 e. The van der Waals surface area contributed by atoms with Crippen LogP contribution in [0.5, 0.6) is 0 Å². The summed E-state index contributed by atoms with van der Waals surface area (Å²) < 4.78 is 4.47. The predicted molar refractivity (Wildman–Crippen MR) is 47.9 cm³/mol. The Morgan fingerprint density at radius 3 is 2.79 bits per heavy atom. The Bertz CT molecular complexity index is 418. The quantitative estimate of drug-likeness (QED) is 0.517. The van der Waals surface area contributed by atoms with Crippen LogP contribution >= 0.6 is 0 Å². The number of carbonyl (C=O) groups excluding carboxylic acids is 2. The maximum absolute atomic E-state index is 11.2. The van der Waals surface area contributed by atoms with Crippen LogP contribution in [0.15, 0.2) is 18.2 Å². The van der Waals surface area contributed by atoms with Crippen LogP contribution < -0.4 is 0 Å². The summed E-state index contributed by atoms with van der Waals surface area (Å²) in [6, 6.07) is 6.06. The molecule has 0 spiro atoms. The van der Waals surface area contributed by atoms with Crippen molar-refractivity contribution in [3.63, 3.8) is 0 Å². The van der Waals surface area contributed by atoms with Crippen molar-refractivity contribution in [1.29, 1.82) is 5.26 Å². The molecular formula is C10H7NO3. The van der Waals surface area contributed by atoms with Gasteiger partial charge in [-0.2, -0.15) is 5.26 Å². The van der Waals surface area contributed by atoms with E-state index < -0.39 is 5.97 Å². The third-order valence-corrected chi connectivity index (χ3v) is 1.71. The Morgan fingerprint density at radius 2 is 2.29 bits per heavy atom. The van der Waals surface area contributed by atoms with Crippen molar-refractivity contribution in [3.05, 3.63) is 34.9 Å². The van der Waals surface area contributed by atoms with Crippen LogP contribution in [0.2, 0.25) is 0 Å². The number of methoxy groups -OCH3 is 1. The summed E-state index contributed by atoms with van der Waals surface area (Å²) in [7, 11) is 1.22. The maximum atomic E-state index is 11.2. The molecule has 0 atom stereocenters. The van der Waals surface area contributed by atoms with Crippen LogP contribution in [0.25, 0.3) is 0 Å². The Morgan fingerprint density at radius 1 is 1.57 bits per heavy atom. The topological polar surface area (TPSA) is 67.2 Å². The lowest BCUT2D eigenvalue weighted by molar-refractivity contribution is 0.0600. The SMILES string of the molecule is COC(=O)c1cc(C=O)ccc1C#N. The molecule has 1 rings (SSSR count). The molecule has 0 radical (unpaired) electrons. The lowest BCUT2D eigenvalue weighted by Crippen LogP contribution is -2.04.